The van der Waals surface area contributed by atoms with E-state index in [4.69, 9.17) is 4.74 Å². The lowest BCUT2D eigenvalue weighted by Gasteiger charge is -2.25. The number of benzene rings is 2. The van der Waals surface area contributed by atoms with E-state index in [1.54, 1.807) is 6.08 Å². The van der Waals surface area contributed by atoms with Crippen LogP contribution in [0, 0.1) is 0 Å². The Hall–Kier alpha value is -2.04. The van der Waals surface area contributed by atoms with Crippen molar-refractivity contribution in [2.24, 2.45) is 0 Å². The van der Waals surface area contributed by atoms with Gasteiger partial charge in [-0.2, -0.15) is 11.8 Å². The molecule has 26 heavy (non-hydrogen) atoms. The summed E-state index contributed by atoms with van der Waals surface area (Å²) >= 11 is 2.04. The molecule has 0 aromatic heterocycles. The van der Waals surface area contributed by atoms with E-state index in [-0.39, 0.29) is 5.78 Å². The molecular formula is C22H25NO2S. The van der Waals surface area contributed by atoms with Gasteiger partial charge in [-0.15, -0.1) is 0 Å². The Balaban J connectivity index is 1.42. The number of allylic oxidation sites excluding steroid dienone is 1. The van der Waals surface area contributed by atoms with Crippen molar-refractivity contribution in [3.8, 4) is 5.75 Å². The molecule has 0 atom stereocenters. The lowest BCUT2D eigenvalue weighted by atomic mass is 10.1. The molecular weight excluding hydrogens is 342 g/mol. The van der Waals surface area contributed by atoms with E-state index < -0.39 is 0 Å². The molecule has 1 fully saturated rings. The van der Waals surface area contributed by atoms with E-state index in [2.05, 4.69) is 4.90 Å². The van der Waals surface area contributed by atoms with Crippen molar-refractivity contribution in [3.63, 3.8) is 0 Å². The molecule has 2 aromatic rings. The Labute approximate surface area is 160 Å². The zero-order valence-electron chi connectivity index (χ0n) is 15.0. The lowest BCUT2D eigenvalue weighted by Crippen LogP contribution is -2.33. The summed E-state index contributed by atoms with van der Waals surface area (Å²) in [4.78, 5) is 14.7. The molecule has 0 N–H and O–H groups in total. The maximum absolute atomic E-state index is 12.2. The second kappa shape index (κ2) is 10.2. The molecule has 2 aromatic carbocycles. The van der Waals surface area contributed by atoms with Crippen LogP contribution in [0.2, 0.25) is 0 Å². The fourth-order valence-corrected chi connectivity index (χ4v) is 3.83. The molecule has 1 heterocycles. The molecule has 0 radical (unpaired) electrons. The quantitative estimate of drug-likeness (QED) is 0.393. The molecule has 1 saturated heterocycles. The average molecular weight is 368 g/mol. The van der Waals surface area contributed by atoms with E-state index in [9.17, 15) is 4.79 Å². The van der Waals surface area contributed by atoms with Gasteiger partial charge >= 0.3 is 0 Å². The normalized spacial score (nSPS) is 15.2. The molecule has 0 amide bonds. The van der Waals surface area contributed by atoms with Gasteiger partial charge in [0.05, 0.1) is 6.61 Å². The molecule has 0 aliphatic carbocycles. The van der Waals surface area contributed by atoms with Crippen molar-refractivity contribution in [2.45, 2.75) is 6.42 Å². The van der Waals surface area contributed by atoms with E-state index in [0.717, 1.165) is 24.3 Å². The highest BCUT2D eigenvalue weighted by Gasteiger charge is 2.09. The van der Waals surface area contributed by atoms with Crippen LogP contribution in [0.3, 0.4) is 0 Å². The van der Waals surface area contributed by atoms with E-state index in [1.165, 1.54) is 24.6 Å². The SMILES string of the molecule is O=C(/C=C/c1ccccc1)c1ccc(OCCCN2CCSCC2)cc1. The Morgan fingerprint density at radius 2 is 1.77 bits per heavy atom. The van der Waals surface area contributed by atoms with Crippen LogP contribution in [-0.2, 0) is 0 Å². The first-order chi connectivity index (χ1) is 12.8. The van der Waals surface area contributed by atoms with E-state index >= 15 is 0 Å². The number of carbonyl (C=O) groups excluding carboxylic acids is 1. The zero-order valence-corrected chi connectivity index (χ0v) is 15.8. The van der Waals surface area contributed by atoms with Gasteiger partial charge in [0.25, 0.3) is 0 Å². The van der Waals surface area contributed by atoms with Crippen molar-refractivity contribution in [3.05, 3.63) is 71.8 Å². The second-order valence-electron chi connectivity index (χ2n) is 6.29. The molecule has 0 saturated carbocycles. The standard InChI is InChI=1S/C22H25NO2S/c24-22(12-7-19-5-2-1-3-6-19)20-8-10-21(11-9-20)25-16-4-13-23-14-17-26-18-15-23/h1-3,5-12H,4,13-18H2/b12-7+. The largest absolute Gasteiger partial charge is 0.494 e. The van der Waals surface area contributed by atoms with Gasteiger partial charge in [0.2, 0.25) is 0 Å². The van der Waals surface area contributed by atoms with Gasteiger partial charge < -0.3 is 9.64 Å². The first kappa shape index (κ1) is 18.7. The van der Waals surface area contributed by atoms with Crippen LogP contribution in [0.4, 0.5) is 0 Å². The highest BCUT2D eigenvalue weighted by atomic mass is 32.2. The minimum absolute atomic E-state index is 0.00312. The number of ketones is 1. The molecule has 3 nitrogen and oxygen atoms in total. The number of hydrogen-bond donors (Lipinski definition) is 0. The maximum Gasteiger partial charge on any atom is 0.185 e. The maximum atomic E-state index is 12.2. The third-order valence-corrected chi connectivity index (χ3v) is 5.30. The van der Waals surface area contributed by atoms with Gasteiger partial charge in [0.1, 0.15) is 5.75 Å². The van der Waals surface area contributed by atoms with Crippen molar-refractivity contribution < 1.29 is 9.53 Å². The van der Waals surface area contributed by atoms with Gasteiger partial charge in [0, 0.05) is 36.7 Å². The van der Waals surface area contributed by atoms with E-state index in [1.807, 2.05) is 72.4 Å². The molecule has 1 aliphatic heterocycles. The summed E-state index contributed by atoms with van der Waals surface area (Å²) in [6, 6.07) is 17.2. The summed E-state index contributed by atoms with van der Waals surface area (Å²) in [6.07, 6.45) is 4.49. The highest BCUT2D eigenvalue weighted by molar-refractivity contribution is 7.99. The first-order valence-corrected chi connectivity index (χ1v) is 10.3. The summed E-state index contributed by atoms with van der Waals surface area (Å²) in [7, 11) is 0. The monoisotopic (exact) mass is 367 g/mol. The molecule has 3 rings (SSSR count). The van der Waals surface area contributed by atoms with Crippen molar-refractivity contribution in [1.29, 1.82) is 0 Å². The average Bonchev–Trinajstić information content (AvgIpc) is 2.71. The van der Waals surface area contributed by atoms with Gasteiger partial charge in [-0.05, 0) is 42.3 Å². The van der Waals surface area contributed by atoms with Crippen LogP contribution in [0.15, 0.2) is 60.7 Å². The summed E-state index contributed by atoms with van der Waals surface area (Å²) in [5.74, 6) is 3.32. The van der Waals surface area contributed by atoms with Crippen LogP contribution in [-0.4, -0.2) is 48.4 Å². The van der Waals surface area contributed by atoms with Crippen molar-refractivity contribution in [1.82, 2.24) is 4.90 Å². The number of ether oxygens (including phenoxy) is 1. The van der Waals surface area contributed by atoms with Crippen molar-refractivity contribution >= 4 is 23.6 Å². The summed E-state index contributed by atoms with van der Waals surface area (Å²) in [5.41, 5.74) is 1.70. The van der Waals surface area contributed by atoms with Crippen LogP contribution >= 0.6 is 11.8 Å². The Kier molecular flexibility index (Phi) is 7.35. The summed E-state index contributed by atoms with van der Waals surface area (Å²) in [5, 5.41) is 0. The topological polar surface area (TPSA) is 29.5 Å². The Morgan fingerprint density at radius 1 is 1.04 bits per heavy atom. The van der Waals surface area contributed by atoms with Gasteiger partial charge in [0.15, 0.2) is 5.78 Å². The number of rotatable bonds is 8. The van der Waals surface area contributed by atoms with Gasteiger partial charge in [-0.25, -0.2) is 0 Å². The van der Waals surface area contributed by atoms with Gasteiger partial charge in [-0.3, -0.25) is 4.79 Å². The third kappa shape index (κ3) is 6.04. The number of nitrogens with zero attached hydrogens (tertiary/aromatic N) is 1. The van der Waals surface area contributed by atoms with Crippen LogP contribution in [0.5, 0.6) is 5.75 Å². The molecule has 4 heteroatoms. The minimum Gasteiger partial charge on any atom is -0.494 e. The molecule has 136 valence electrons. The summed E-state index contributed by atoms with van der Waals surface area (Å²) in [6.45, 7) is 4.20. The van der Waals surface area contributed by atoms with Gasteiger partial charge in [-0.1, -0.05) is 36.4 Å². The summed E-state index contributed by atoms with van der Waals surface area (Å²) < 4.78 is 5.80. The predicted molar refractivity (Wildman–Crippen MR) is 110 cm³/mol. The fourth-order valence-electron chi connectivity index (χ4n) is 2.85. The smallest absolute Gasteiger partial charge is 0.185 e. The number of thioether (sulfide) groups is 1. The minimum atomic E-state index is 0.00312. The predicted octanol–water partition coefficient (Wildman–Crippen LogP) is 4.40. The highest BCUT2D eigenvalue weighted by Crippen LogP contribution is 2.14. The molecule has 0 bridgehead atoms. The Bertz CT molecular complexity index is 707. The zero-order chi connectivity index (χ0) is 18.0. The van der Waals surface area contributed by atoms with Crippen LogP contribution in [0.25, 0.3) is 6.08 Å². The number of hydrogen-bond acceptors (Lipinski definition) is 4. The molecule has 0 unspecified atom stereocenters. The molecule has 1 aliphatic rings. The molecule has 0 spiro atoms. The van der Waals surface area contributed by atoms with E-state index in [0.29, 0.717) is 12.2 Å². The van der Waals surface area contributed by atoms with Crippen LogP contribution in [0.1, 0.15) is 22.3 Å². The second-order valence-corrected chi connectivity index (χ2v) is 7.51. The first-order valence-electron chi connectivity index (χ1n) is 9.12. The van der Waals surface area contributed by atoms with Crippen LogP contribution < -0.4 is 4.74 Å². The number of carbonyl (C=O) groups is 1. The third-order valence-electron chi connectivity index (χ3n) is 4.36. The Morgan fingerprint density at radius 3 is 2.50 bits per heavy atom. The van der Waals surface area contributed by atoms with Crippen molar-refractivity contribution in [2.75, 3.05) is 37.7 Å². The fraction of sp³-hybridized carbons (Fsp3) is 0.318. The lowest BCUT2D eigenvalue weighted by molar-refractivity contribution is 0.104.